The summed E-state index contributed by atoms with van der Waals surface area (Å²) in [5.74, 6) is -10.9. The Hall–Kier alpha value is -4.67. The van der Waals surface area contributed by atoms with Crippen molar-refractivity contribution in [3.8, 4) is 0 Å². The number of rotatable bonds is 19. The lowest BCUT2D eigenvalue weighted by Gasteiger charge is -2.28. The molecule has 5 atom stereocenters. The second kappa shape index (κ2) is 18.3. The molecular formula is C29H41F2N5O10. The zero-order valence-electron chi connectivity index (χ0n) is 25.8. The molecule has 0 spiro atoms. The highest BCUT2D eigenvalue weighted by atomic mass is 19.1. The normalized spacial score (nSPS) is 14.4. The van der Waals surface area contributed by atoms with Crippen LogP contribution in [0.1, 0.15) is 58.9 Å². The molecule has 0 saturated carbocycles. The van der Waals surface area contributed by atoms with Gasteiger partial charge in [-0.3, -0.25) is 28.8 Å². The third kappa shape index (κ3) is 13.5. The zero-order chi connectivity index (χ0) is 35.3. The van der Waals surface area contributed by atoms with Crippen molar-refractivity contribution in [1.29, 1.82) is 0 Å². The molecule has 15 nitrogen and oxygen atoms in total. The quantitative estimate of drug-likeness (QED) is 0.0975. The average molecular weight is 658 g/mol. The Kier molecular flexibility index (Phi) is 15.7. The van der Waals surface area contributed by atoms with Gasteiger partial charge < -0.3 is 42.3 Å². The molecule has 46 heavy (non-hydrogen) atoms. The van der Waals surface area contributed by atoms with Crippen LogP contribution in [0.3, 0.4) is 0 Å². The van der Waals surface area contributed by atoms with Crippen molar-refractivity contribution in [2.75, 3.05) is 0 Å². The molecule has 9 N–H and O–H groups in total. The molecule has 0 aliphatic rings. The summed E-state index contributed by atoms with van der Waals surface area (Å²) in [7, 11) is 0. The van der Waals surface area contributed by atoms with E-state index in [-0.39, 0.29) is 30.7 Å². The van der Waals surface area contributed by atoms with Crippen LogP contribution in [0, 0.1) is 23.5 Å². The van der Waals surface area contributed by atoms with Crippen LogP contribution in [-0.2, 0) is 40.0 Å². The van der Waals surface area contributed by atoms with Crippen molar-refractivity contribution in [2.24, 2.45) is 17.6 Å². The van der Waals surface area contributed by atoms with Crippen molar-refractivity contribution in [1.82, 2.24) is 21.3 Å². The van der Waals surface area contributed by atoms with Gasteiger partial charge in [-0.2, -0.15) is 0 Å². The maximum absolute atomic E-state index is 14.5. The van der Waals surface area contributed by atoms with E-state index in [4.69, 9.17) is 15.9 Å². The topological polar surface area (TPSA) is 254 Å². The van der Waals surface area contributed by atoms with Gasteiger partial charge in [0.05, 0.1) is 12.5 Å². The van der Waals surface area contributed by atoms with E-state index in [1.165, 1.54) is 0 Å². The molecule has 0 saturated heterocycles. The standard InChI is InChI=1S/C29H41F2N5O10/c1-13(2)9-19(34-28(44)24(14(3)4)36-25(41)18(32)7-8-22(37)38)26(42)33-20(10-15-5-6-16(30)11-17(15)31)27(43)35-21(29(45)46)12-23(39)40/h5-6,11,13-14,18-21,24H,7-10,12,32H2,1-4H3,(H,33,42)(H,34,44)(H,35,43)(H,36,41)(H,37,38)(H,39,40)(H,45,46)/t18-,19-,20-,21-,24-/m0/s1. The summed E-state index contributed by atoms with van der Waals surface area (Å²) in [6, 6.07) is -4.97. The lowest BCUT2D eigenvalue weighted by Crippen LogP contribution is -2.60. The van der Waals surface area contributed by atoms with Crippen LogP contribution in [0.15, 0.2) is 18.2 Å². The van der Waals surface area contributed by atoms with Crippen molar-refractivity contribution < 1.29 is 57.7 Å². The number of carboxylic acids is 3. The summed E-state index contributed by atoms with van der Waals surface area (Å²) in [5.41, 5.74) is 5.51. The number of carbonyl (C=O) groups is 7. The van der Waals surface area contributed by atoms with E-state index >= 15 is 0 Å². The van der Waals surface area contributed by atoms with Crippen molar-refractivity contribution in [3.05, 3.63) is 35.4 Å². The van der Waals surface area contributed by atoms with E-state index in [2.05, 4.69) is 16.0 Å². The lowest BCUT2D eigenvalue weighted by molar-refractivity contribution is -0.147. The number of carbonyl (C=O) groups excluding carboxylic acids is 4. The molecule has 0 radical (unpaired) electrons. The molecule has 0 unspecified atom stereocenters. The van der Waals surface area contributed by atoms with Gasteiger partial charge in [0.25, 0.3) is 0 Å². The molecule has 0 aromatic heterocycles. The predicted octanol–water partition coefficient (Wildman–Crippen LogP) is -0.1000. The third-order valence-electron chi connectivity index (χ3n) is 6.66. The van der Waals surface area contributed by atoms with Crippen LogP contribution in [0.5, 0.6) is 0 Å². The van der Waals surface area contributed by atoms with Gasteiger partial charge in [-0.05, 0) is 36.3 Å². The molecule has 1 aromatic rings. The molecular weight excluding hydrogens is 616 g/mol. The SMILES string of the molecule is CC(C)C[C@H](NC(=O)[C@@H](NC(=O)[C@@H](N)CCC(=O)O)C(C)C)C(=O)N[C@@H](Cc1ccc(F)cc1F)C(=O)N[C@@H](CC(=O)O)C(=O)O. The number of carboxylic acid groups (broad SMARTS) is 3. The Labute approximate surface area is 263 Å². The summed E-state index contributed by atoms with van der Waals surface area (Å²) in [4.78, 5) is 85.9. The first-order valence-corrected chi connectivity index (χ1v) is 14.4. The molecule has 256 valence electrons. The fraction of sp³-hybridized carbons (Fsp3) is 0.552. The number of halogens is 2. The molecule has 1 rings (SSSR count). The van der Waals surface area contributed by atoms with Crippen LogP contribution < -0.4 is 27.0 Å². The summed E-state index contributed by atoms with van der Waals surface area (Å²) in [5, 5.41) is 36.5. The zero-order valence-corrected chi connectivity index (χ0v) is 25.8. The van der Waals surface area contributed by atoms with Gasteiger partial charge in [0.15, 0.2) is 0 Å². The Morgan fingerprint density at radius 2 is 1.33 bits per heavy atom. The Morgan fingerprint density at radius 1 is 0.761 bits per heavy atom. The highest BCUT2D eigenvalue weighted by Crippen LogP contribution is 2.14. The molecule has 1 aromatic carbocycles. The first-order valence-electron chi connectivity index (χ1n) is 14.4. The second-order valence-corrected chi connectivity index (χ2v) is 11.5. The number of hydrogen-bond acceptors (Lipinski definition) is 8. The molecule has 0 fully saturated rings. The van der Waals surface area contributed by atoms with Crippen molar-refractivity contribution >= 4 is 41.5 Å². The number of nitrogens with one attached hydrogen (secondary N) is 4. The highest BCUT2D eigenvalue weighted by molar-refractivity contribution is 5.96. The van der Waals surface area contributed by atoms with Gasteiger partial charge in [-0.1, -0.05) is 33.8 Å². The number of nitrogens with two attached hydrogens (primary N) is 1. The summed E-state index contributed by atoms with van der Waals surface area (Å²) >= 11 is 0. The Morgan fingerprint density at radius 3 is 1.83 bits per heavy atom. The van der Waals surface area contributed by atoms with Gasteiger partial charge >= 0.3 is 17.9 Å². The first kappa shape index (κ1) is 39.4. The van der Waals surface area contributed by atoms with E-state index in [0.29, 0.717) is 6.07 Å². The van der Waals surface area contributed by atoms with E-state index in [9.17, 15) is 47.4 Å². The molecule has 0 aliphatic carbocycles. The van der Waals surface area contributed by atoms with E-state index < -0.39 is 102 Å². The van der Waals surface area contributed by atoms with Crippen molar-refractivity contribution in [3.63, 3.8) is 0 Å². The van der Waals surface area contributed by atoms with Crippen LogP contribution in [0.2, 0.25) is 0 Å². The largest absolute Gasteiger partial charge is 0.481 e. The summed E-state index contributed by atoms with van der Waals surface area (Å²) in [6.07, 6.45) is -2.20. The van der Waals surface area contributed by atoms with Gasteiger partial charge in [-0.25, -0.2) is 13.6 Å². The molecule has 0 aliphatic heterocycles. The minimum absolute atomic E-state index is 0.00444. The second-order valence-electron chi connectivity index (χ2n) is 11.5. The van der Waals surface area contributed by atoms with E-state index in [0.717, 1.165) is 12.1 Å². The molecule has 0 bridgehead atoms. The smallest absolute Gasteiger partial charge is 0.326 e. The van der Waals surface area contributed by atoms with Gasteiger partial charge in [-0.15, -0.1) is 0 Å². The first-order chi connectivity index (χ1) is 21.3. The minimum atomic E-state index is -1.91. The van der Waals surface area contributed by atoms with Crippen LogP contribution in [0.4, 0.5) is 8.78 Å². The Balaban J connectivity index is 3.30. The fourth-order valence-corrected chi connectivity index (χ4v) is 4.21. The number of amides is 4. The van der Waals surface area contributed by atoms with Crippen LogP contribution >= 0.6 is 0 Å². The lowest BCUT2D eigenvalue weighted by atomic mass is 9.98. The van der Waals surface area contributed by atoms with Gasteiger partial charge in [0.1, 0.15) is 35.8 Å². The predicted molar refractivity (Wildman–Crippen MR) is 157 cm³/mol. The van der Waals surface area contributed by atoms with E-state index in [1.54, 1.807) is 27.7 Å². The summed E-state index contributed by atoms with van der Waals surface area (Å²) in [6.45, 7) is 6.63. The number of benzene rings is 1. The van der Waals surface area contributed by atoms with Crippen molar-refractivity contribution in [2.45, 2.75) is 90.0 Å². The van der Waals surface area contributed by atoms with Gasteiger partial charge in [0.2, 0.25) is 23.6 Å². The molecule has 0 heterocycles. The van der Waals surface area contributed by atoms with Crippen LogP contribution in [-0.4, -0.2) is 87.1 Å². The monoisotopic (exact) mass is 657 g/mol. The van der Waals surface area contributed by atoms with E-state index in [1.807, 2.05) is 5.32 Å². The maximum atomic E-state index is 14.5. The number of aliphatic carboxylic acids is 3. The third-order valence-corrected chi connectivity index (χ3v) is 6.66. The Bertz CT molecular complexity index is 1290. The highest BCUT2D eigenvalue weighted by Gasteiger charge is 2.34. The minimum Gasteiger partial charge on any atom is -0.481 e. The summed E-state index contributed by atoms with van der Waals surface area (Å²) < 4.78 is 28.0. The van der Waals surface area contributed by atoms with Gasteiger partial charge in [0, 0.05) is 18.9 Å². The molecule has 17 heteroatoms. The average Bonchev–Trinajstić information content (AvgIpc) is 2.93. The number of hydrogen-bond donors (Lipinski definition) is 8. The fourth-order valence-electron chi connectivity index (χ4n) is 4.21. The van der Waals surface area contributed by atoms with Crippen LogP contribution in [0.25, 0.3) is 0 Å². The maximum Gasteiger partial charge on any atom is 0.326 e. The molecule has 4 amide bonds.